The summed E-state index contributed by atoms with van der Waals surface area (Å²) in [5, 5.41) is 11.2. The van der Waals surface area contributed by atoms with Crippen LogP contribution in [0.4, 0.5) is 5.95 Å². The van der Waals surface area contributed by atoms with Gasteiger partial charge in [0.1, 0.15) is 5.75 Å². The summed E-state index contributed by atoms with van der Waals surface area (Å²) in [6, 6.07) is 15.2. The van der Waals surface area contributed by atoms with E-state index in [2.05, 4.69) is 20.6 Å². The molecule has 9 nitrogen and oxygen atoms in total. The average molecular weight is 435 g/mol. The number of ether oxygens (including phenoxy) is 2. The van der Waals surface area contributed by atoms with Gasteiger partial charge >= 0.3 is 0 Å². The van der Waals surface area contributed by atoms with Gasteiger partial charge in [0.05, 0.1) is 29.5 Å². The van der Waals surface area contributed by atoms with Crippen LogP contribution in [0, 0.1) is 6.92 Å². The number of carbonyl (C=O) groups excluding carboxylic acids is 1. The molecule has 9 heteroatoms. The van der Waals surface area contributed by atoms with E-state index in [0.29, 0.717) is 37.2 Å². The Morgan fingerprint density at radius 1 is 1.16 bits per heavy atom. The molecule has 0 aliphatic carbocycles. The molecule has 0 aliphatic heterocycles. The number of nitrogens with one attached hydrogen (secondary N) is 1. The van der Waals surface area contributed by atoms with Crippen molar-refractivity contribution >= 4 is 22.9 Å². The van der Waals surface area contributed by atoms with E-state index >= 15 is 0 Å². The lowest BCUT2D eigenvalue weighted by molar-refractivity contribution is 0.102. The maximum Gasteiger partial charge on any atom is 0.280 e. The fourth-order valence-electron chi connectivity index (χ4n) is 3.55. The van der Waals surface area contributed by atoms with Gasteiger partial charge in [-0.25, -0.2) is 9.67 Å². The van der Waals surface area contributed by atoms with Crippen molar-refractivity contribution in [2.24, 2.45) is 0 Å². The number of imidazole rings is 1. The third-order valence-electron chi connectivity index (χ3n) is 5.16. The molecule has 0 aliphatic rings. The summed E-state index contributed by atoms with van der Waals surface area (Å²) in [5.41, 5.74) is 3.39. The molecule has 0 bridgehead atoms. The first kappa shape index (κ1) is 21.5. The first-order valence-electron chi connectivity index (χ1n) is 10.5. The van der Waals surface area contributed by atoms with Crippen LogP contribution in [0.3, 0.4) is 0 Å². The highest BCUT2D eigenvalue weighted by Crippen LogP contribution is 2.22. The first-order chi connectivity index (χ1) is 15.6. The van der Waals surface area contributed by atoms with Crippen molar-refractivity contribution in [1.29, 1.82) is 0 Å². The normalized spacial score (nSPS) is 11.1. The Morgan fingerprint density at radius 3 is 2.81 bits per heavy atom. The quantitative estimate of drug-likeness (QED) is 0.404. The SMILES string of the molecule is CCOCCCn1c(NC(=O)c2nnn(-c3cccc(OC)c3)c2C)nc2ccccc21. The molecule has 1 N–H and O–H groups in total. The summed E-state index contributed by atoms with van der Waals surface area (Å²) in [7, 11) is 1.60. The monoisotopic (exact) mass is 434 g/mol. The molecule has 4 aromatic rings. The van der Waals surface area contributed by atoms with E-state index in [0.717, 1.165) is 23.1 Å². The molecule has 4 rings (SSSR count). The summed E-state index contributed by atoms with van der Waals surface area (Å²) in [6.07, 6.45) is 0.808. The Bertz CT molecular complexity index is 1230. The third kappa shape index (κ3) is 4.33. The van der Waals surface area contributed by atoms with Crippen LogP contribution in [-0.4, -0.2) is 50.8 Å². The number of hydrogen-bond donors (Lipinski definition) is 1. The van der Waals surface area contributed by atoms with E-state index in [-0.39, 0.29) is 11.6 Å². The zero-order chi connectivity index (χ0) is 22.5. The molecule has 0 saturated carbocycles. The molecule has 2 heterocycles. The number of nitrogens with zero attached hydrogens (tertiary/aromatic N) is 5. The molecule has 166 valence electrons. The van der Waals surface area contributed by atoms with Gasteiger partial charge < -0.3 is 14.0 Å². The number of anilines is 1. The molecule has 2 aromatic carbocycles. The Labute approximate surface area is 186 Å². The van der Waals surface area contributed by atoms with Crippen LogP contribution >= 0.6 is 0 Å². The molecule has 0 atom stereocenters. The maximum atomic E-state index is 13.1. The van der Waals surface area contributed by atoms with E-state index in [9.17, 15) is 4.79 Å². The number of rotatable bonds is 9. The van der Waals surface area contributed by atoms with Crippen molar-refractivity contribution in [1.82, 2.24) is 24.5 Å². The zero-order valence-electron chi connectivity index (χ0n) is 18.4. The smallest absolute Gasteiger partial charge is 0.280 e. The highest BCUT2D eigenvalue weighted by atomic mass is 16.5. The summed E-state index contributed by atoms with van der Waals surface area (Å²) in [6.45, 7) is 5.77. The van der Waals surface area contributed by atoms with Crippen molar-refractivity contribution in [2.75, 3.05) is 25.6 Å². The second-order valence-electron chi connectivity index (χ2n) is 7.22. The molecule has 2 aromatic heterocycles. The van der Waals surface area contributed by atoms with E-state index in [1.54, 1.807) is 18.7 Å². The van der Waals surface area contributed by atoms with Gasteiger partial charge in [0.2, 0.25) is 5.95 Å². The maximum absolute atomic E-state index is 13.1. The molecule has 0 unspecified atom stereocenters. The molecule has 32 heavy (non-hydrogen) atoms. The van der Waals surface area contributed by atoms with Gasteiger partial charge in [-0.3, -0.25) is 10.1 Å². The zero-order valence-corrected chi connectivity index (χ0v) is 18.4. The minimum absolute atomic E-state index is 0.237. The summed E-state index contributed by atoms with van der Waals surface area (Å²) in [4.78, 5) is 17.7. The third-order valence-corrected chi connectivity index (χ3v) is 5.16. The van der Waals surface area contributed by atoms with E-state index in [1.165, 1.54) is 0 Å². The minimum Gasteiger partial charge on any atom is -0.497 e. The van der Waals surface area contributed by atoms with Crippen LogP contribution in [0.1, 0.15) is 29.5 Å². The van der Waals surface area contributed by atoms with Crippen LogP contribution in [0.25, 0.3) is 16.7 Å². The second-order valence-corrected chi connectivity index (χ2v) is 7.22. The number of aryl methyl sites for hydroxylation is 1. The lowest BCUT2D eigenvalue weighted by Crippen LogP contribution is -2.18. The van der Waals surface area contributed by atoms with Crippen LogP contribution in [0.5, 0.6) is 5.75 Å². The predicted molar refractivity (Wildman–Crippen MR) is 121 cm³/mol. The molecule has 0 fully saturated rings. The highest BCUT2D eigenvalue weighted by molar-refractivity contribution is 6.03. The summed E-state index contributed by atoms with van der Waals surface area (Å²) < 4.78 is 14.3. The largest absolute Gasteiger partial charge is 0.497 e. The lowest BCUT2D eigenvalue weighted by atomic mass is 10.2. The van der Waals surface area contributed by atoms with Gasteiger partial charge in [-0.1, -0.05) is 23.4 Å². The van der Waals surface area contributed by atoms with Crippen molar-refractivity contribution in [3.8, 4) is 11.4 Å². The van der Waals surface area contributed by atoms with Crippen LogP contribution in [0.2, 0.25) is 0 Å². The Morgan fingerprint density at radius 2 is 2.00 bits per heavy atom. The molecule has 0 saturated heterocycles. The molecule has 0 spiro atoms. The fraction of sp³-hybridized carbons (Fsp3) is 0.304. The molecular weight excluding hydrogens is 408 g/mol. The van der Waals surface area contributed by atoms with Crippen LogP contribution in [0.15, 0.2) is 48.5 Å². The predicted octanol–water partition coefficient (Wildman–Crippen LogP) is 3.61. The van der Waals surface area contributed by atoms with Crippen molar-refractivity contribution in [3.05, 3.63) is 59.9 Å². The van der Waals surface area contributed by atoms with Gasteiger partial charge in [0, 0.05) is 25.8 Å². The van der Waals surface area contributed by atoms with Gasteiger partial charge in [0.25, 0.3) is 5.91 Å². The van der Waals surface area contributed by atoms with Crippen LogP contribution < -0.4 is 10.1 Å². The lowest BCUT2D eigenvalue weighted by Gasteiger charge is -2.10. The molecule has 0 radical (unpaired) electrons. The van der Waals surface area contributed by atoms with E-state index in [1.807, 2.05) is 60.0 Å². The van der Waals surface area contributed by atoms with Gasteiger partial charge in [-0.05, 0) is 44.5 Å². The second kappa shape index (κ2) is 9.61. The van der Waals surface area contributed by atoms with E-state index in [4.69, 9.17) is 9.47 Å². The van der Waals surface area contributed by atoms with Gasteiger partial charge in [0.15, 0.2) is 5.69 Å². The van der Waals surface area contributed by atoms with Crippen LogP contribution in [-0.2, 0) is 11.3 Å². The number of benzene rings is 2. The number of aromatic nitrogens is 5. The Kier molecular flexibility index (Phi) is 6.46. The van der Waals surface area contributed by atoms with Crippen molar-refractivity contribution in [2.45, 2.75) is 26.8 Å². The number of hydrogen-bond acceptors (Lipinski definition) is 6. The highest BCUT2D eigenvalue weighted by Gasteiger charge is 2.20. The first-order valence-corrected chi connectivity index (χ1v) is 10.5. The van der Waals surface area contributed by atoms with Crippen molar-refractivity contribution in [3.63, 3.8) is 0 Å². The fourth-order valence-corrected chi connectivity index (χ4v) is 3.55. The Balaban J connectivity index is 1.60. The standard InChI is InChI=1S/C23H26N6O3/c1-4-32-14-8-13-28-20-12-6-5-11-19(20)24-23(28)25-22(30)21-16(2)29(27-26-21)17-9-7-10-18(15-17)31-3/h5-7,9-12,15H,4,8,13-14H2,1-3H3,(H,24,25,30). The molecule has 1 amide bonds. The number of amides is 1. The van der Waals surface area contributed by atoms with E-state index < -0.39 is 0 Å². The number of para-hydroxylation sites is 2. The topological polar surface area (TPSA) is 96.1 Å². The average Bonchev–Trinajstić information content (AvgIpc) is 3.37. The number of carbonyl (C=O) groups is 1. The van der Waals surface area contributed by atoms with Gasteiger partial charge in [-0.15, -0.1) is 5.10 Å². The summed E-state index contributed by atoms with van der Waals surface area (Å²) in [5.74, 6) is 0.810. The summed E-state index contributed by atoms with van der Waals surface area (Å²) >= 11 is 0. The minimum atomic E-state index is -0.363. The van der Waals surface area contributed by atoms with Gasteiger partial charge in [-0.2, -0.15) is 0 Å². The van der Waals surface area contributed by atoms with Crippen molar-refractivity contribution < 1.29 is 14.3 Å². The molecular formula is C23H26N6O3. The number of methoxy groups -OCH3 is 1. The number of fused-ring (bicyclic) bond motifs is 1. The Hall–Kier alpha value is -3.72.